The number of thiophene rings is 1. The molecule has 0 unspecified atom stereocenters. The number of rotatable bonds is 4. The summed E-state index contributed by atoms with van der Waals surface area (Å²) in [6.45, 7) is 4.90. The van der Waals surface area contributed by atoms with Crippen molar-refractivity contribution >= 4 is 11.3 Å². The van der Waals surface area contributed by atoms with E-state index in [4.69, 9.17) is 0 Å². The lowest BCUT2D eigenvalue weighted by Crippen LogP contribution is -2.46. The fourth-order valence-electron chi connectivity index (χ4n) is 4.06. The molecule has 2 fully saturated rings. The minimum absolute atomic E-state index is 0.751. The Balaban J connectivity index is 1.58. The largest absolute Gasteiger partial charge is 0.308 e. The highest BCUT2D eigenvalue weighted by Gasteiger charge is 2.41. The molecule has 2 saturated heterocycles. The van der Waals surface area contributed by atoms with Crippen LogP contribution in [0.5, 0.6) is 0 Å². The van der Waals surface area contributed by atoms with Crippen molar-refractivity contribution in [3.05, 3.63) is 22.4 Å². The highest BCUT2D eigenvalue weighted by Crippen LogP contribution is 2.35. The van der Waals surface area contributed by atoms with Gasteiger partial charge >= 0.3 is 0 Å². The van der Waals surface area contributed by atoms with Gasteiger partial charge in [0, 0.05) is 31.7 Å². The number of likely N-dealkylation sites (tertiary alicyclic amines) is 2. The Hall–Kier alpha value is -0.420. The quantitative estimate of drug-likeness (QED) is 0.843. The summed E-state index contributed by atoms with van der Waals surface area (Å²) in [5.74, 6) is 0.873. The van der Waals surface area contributed by atoms with Crippen LogP contribution < -0.4 is 0 Å². The molecule has 3 nitrogen and oxygen atoms in total. The van der Waals surface area contributed by atoms with Gasteiger partial charge in [0.15, 0.2) is 0 Å². The van der Waals surface area contributed by atoms with E-state index in [1.165, 1.54) is 38.0 Å². The van der Waals surface area contributed by atoms with Gasteiger partial charge in [-0.3, -0.25) is 9.80 Å². The zero-order valence-electron chi connectivity index (χ0n) is 13.0. The molecule has 2 aliphatic rings. The molecule has 4 heteroatoms. The van der Waals surface area contributed by atoms with Crippen molar-refractivity contribution < 1.29 is 0 Å². The predicted octanol–water partition coefficient (Wildman–Crippen LogP) is 2.20. The summed E-state index contributed by atoms with van der Waals surface area (Å²) < 4.78 is 0. The van der Waals surface area contributed by atoms with Gasteiger partial charge in [0.2, 0.25) is 0 Å². The zero-order chi connectivity index (χ0) is 14.1. The average molecular weight is 293 g/mol. The van der Waals surface area contributed by atoms with Crippen LogP contribution in [-0.2, 0) is 6.54 Å². The van der Waals surface area contributed by atoms with Crippen LogP contribution in [0.15, 0.2) is 16.8 Å². The van der Waals surface area contributed by atoms with Crippen molar-refractivity contribution in [1.29, 1.82) is 0 Å². The summed E-state index contributed by atoms with van der Waals surface area (Å²) in [5.41, 5.74) is 1.49. The minimum atomic E-state index is 0.751. The second kappa shape index (κ2) is 6.14. The van der Waals surface area contributed by atoms with Gasteiger partial charge < -0.3 is 4.90 Å². The van der Waals surface area contributed by atoms with Gasteiger partial charge in [0.1, 0.15) is 0 Å². The molecule has 0 radical (unpaired) electrons. The van der Waals surface area contributed by atoms with Gasteiger partial charge in [-0.25, -0.2) is 0 Å². The molecule has 20 heavy (non-hydrogen) atoms. The Labute approximate surface area is 127 Å². The summed E-state index contributed by atoms with van der Waals surface area (Å²) in [6.07, 6.45) is 2.72. The van der Waals surface area contributed by atoms with E-state index in [1.54, 1.807) is 0 Å². The third kappa shape index (κ3) is 3.08. The summed E-state index contributed by atoms with van der Waals surface area (Å²) in [7, 11) is 6.73. The van der Waals surface area contributed by atoms with Gasteiger partial charge in [0.05, 0.1) is 0 Å². The van der Waals surface area contributed by atoms with Crippen LogP contribution in [0.4, 0.5) is 0 Å². The van der Waals surface area contributed by atoms with Crippen LogP contribution in [0, 0.1) is 5.92 Å². The Bertz CT molecular complexity index is 417. The fraction of sp³-hybridized carbons (Fsp3) is 0.750. The van der Waals surface area contributed by atoms with Crippen LogP contribution in [0.1, 0.15) is 18.4 Å². The standard InChI is InChI=1S/C16H27N3S/c1-17(2)11-15-8-14-10-19(6-4-16(14)18(15)3)9-13-5-7-20-12-13/h5,7,12,14-16H,4,6,8-11H2,1-3H3/t14-,15+,16+/m1/s1. The molecule has 0 N–H and O–H groups in total. The van der Waals surface area contributed by atoms with E-state index in [1.807, 2.05) is 11.3 Å². The van der Waals surface area contributed by atoms with Crippen molar-refractivity contribution in [3.63, 3.8) is 0 Å². The molecular weight excluding hydrogens is 266 g/mol. The van der Waals surface area contributed by atoms with E-state index >= 15 is 0 Å². The first kappa shape index (κ1) is 14.5. The van der Waals surface area contributed by atoms with Crippen molar-refractivity contribution in [2.45, 2.75) is 31.5 Å². The summed E-state index contributed by atoms with van der Waals surface area (Å²) in [6, 6.07) is 3.84. The maximum Gasteiger partial charge on any atom is 0.0242 e. The summed E-state index contributed by atoms with van der Waals surface area (Å²) >= 11 is 1.81. The van der Waals surface area contributed by atoms with Gasteiger partial charge in [-0.1, -0.05) is 0 Å². The van der Waals surface area contributed by atoms with Crippen molar-refractivity contribution in [2.75, 3.05) is 40.8 Å². The number of likely N-dealkylation sites (N-methyl/N-ethyl adjacent to an activating group) is 2. The third-order valence-electron chi connectivity index (χ3n) is 5.01. The number of piperidine rings is 1. The highest BCUT2D eigenvalue weighted by atomic mass is 32.1. The Morgan fingerprint density at radius 1 is 1.40 bits per heavy atom. The number of hydrogen-bond donors (Lipinski definition) is 0. The molecule has 3 heterocycles. The molecule has 0 aromatic carbocycles. The normalized spacial score (nSPS) is 31.9. The smallest absolute Gasteiger partial charge is 0.0242 e. The van der Waals surface area contributed by atoms with Crippen molar-refractivity contribution in [1.82, 2.24) is 14.7 Å². The van der Waals surface area contributed by atoms with Crippen LogP contribution in [0.3, 0.4) is 0 Å². The lowest BCUT2D eigenvalue weighted by Gasteiger charge is -2.37. The number of fused-ring (bicyclic) bond motifs is 1. The Morgan fingerprint density at radius 3 is 2.95 bits per heavy atom. The molecule has 3 rings (SSSR count). The van der Waals surface area contributed by atoms with E-state index in [9.17, 15) is 0 Å². The summed E-state index contributed by atoms with van der Waals surface area (Å²) in [5, 5.41) is 4.49. The monoisotopic (exact) mass is 293 g/mol. The average Bonchev–Trinajstić information content (AvgIpc) is 2.99. The zero-order valence-corrected chi connectivity index (χ0v) is 13.8. The SMILES string of the molecule is CN(C)C[C@@H]1C[C@@H]2CN(Cc3ccsc3)CC[C@@H]2N1C. The van der Waals surface area contributed by atoms with Crippen LogP contribution >= 0.6 is 11.3 Å². The molecule has 3 atom stereocenters. The van der Waals surface area contributed by atoms with Gasteiger partial charge in [-0.2, -0.15) is 11.3 Å². The molecule has 0 aliphatic carbocycles. The van der Waals surface area contributed by atoms with Crippen LogP contribution in [0.25, 0.3) is 0 Å². The fourth-order valence-corrected chi connectivity index (χ4v) is 4.72. The second-order valence-corrected chi connectivity index (χ2v) is 7.58. The third-order valence-corrected chi connectivity index (χ3v) is 5.75. The van der Waals surface area contributed by atoms with E-state index in [0.717, 1.165) is 24.5 Å². The Morgan fingerprint density at radius 2 is 2.25 bits per heavy atom. The van der Waals surface area contributed by atoms with Gasteiger partial charge in [-0.15, -0.1) is 0 Å². The number of nitrogens with zero attached hydrogens (tertiary/aromatic N) is 3. The highest BCUT2D eigenvalue weighted by molar-refractivity contribution is 7.07. The van der Waals surface area contributed by atoms with Gasteiger partial charge in [0.25, 0.3) is 0 Å². The van der Waals surface area contributed by atoms with Crippen LogP contribution in [-0.4, -0.2) is 67.6 Å². The minimum Gasteiger partial charge on any atom is -0.308 e. The van der Waals surface area contributed by atoms with E-state index < -0.39 is 0 Å². The first-order chi connectivity index (χ1) is 9.63. The maximum absolute atomic E-state index is 2.66. The molecule has 112 valence electrons. The van der Waals surface area contributed by atoms with Gasteiger partial charge in [-0.05, 0) is 68.8 Å². The molecule has 2 aliphatic heterocycles. The molecule has 0 spiro atoms. The van der Waals surface area contributed by atoms with E-state index in [0.29, 0.717) is 0 Å². The number of hydrogen-bond acceptors (Lipinski definition) is 4. The first-order valence-corrected chi connectivity index (χ1v) is 8.68. The lowest BCUT2D eigenvalue weighted by atomic mass is 9.92. The lowest BCUT2D eigenvalue weighted by molar-refractivity contribution is 0.108. The van der Waals surface area contributed by atoms with E-state index in [2.05, 4.69) is 52.7 Å². The Kier molecular flexibility index (Phi) is 4.46. The van der Waals surface area contributed by atoms with Crippen molar-refractivity contribution in [3.8, 4) is 0 Å². The molecule has 0 saturated carbocycles. The maximum atomic E-state index is 2.66. The van der Waals surface area contributed by atoms with E-state index in [-0.39, 0.29) is 0 Å². The first-order valence-electron chi connectivity index (χ1n) is 7.73. The van der Waals surface area contributed by atoms with Crippen molar-refractivity contribution in [2.24, 2.45) is 5.92 Å². The predicted molar refractivity (Wildman–Crippen MR) is 86.2 cm³/mol. The van der Waals surface area contributed by atoms with Crippen LogP contribution in [0.2, 0.25) is 0 Å². The second-order valence-electron chi connectivity index (χ2n) is 6.80. The molecule has 0 bridgehead atoms. The molecule has 0 amide bonds. The molecular formula is C16H27N3S. The molecule has 1 aromatic heterocycles. The summed E-state index contributed by atoms with van der Waals surface area (Å²) in [4.78, 5) is 7.66. The topological polar surface area (TPSA) is 9.72 Å². The molecule has 1 aromatic rings.